The van der Waals surface area contributed by atoms with Crippen molar-refractivity contribution in [3.8, 4) is 17.2 Å². The van der Waals surface area contributed by atoms with Crippen molar-refractivity contribution in [3.05, 3.63) is 65.7 Å². The molecule has 3 aromatic rings. The van der Waals surface area contributed by atoms with Crippen molar-refractivity contribution in [3.63, 3.8) is 0 Å². The van der Waals surface area contributed by atoms with Crippen LogP contribution in [-0.2, 0) is 9.53 Å². The number of amides is 1. The standard InChI is InChI=1S/C24H25NO6/c1-15(18-11-7-9-16-8-5-6-10-19(16)18)25-22(26)14-31-24(27)17-12-20(28-2)23(30-4)21(13-17)29-3/h5-13,15H,14H2,1-4H3,(H,25,26)/t15-/m0/s1. The molecule has 1 atom stereocenters. The highest BCUT2D eigenvalue weighted by atomic mass is 16.5. The van der Waals surface area contributed by atoms with E-state index in [0.717, 1.165) is 16.3 Å². The second-order valence-corrected chi connectivity index (χ2v) is 6.85. The van der Waals surface area contributed by atoms with Crippen LogP contribution in [0.15, 0.2) is 54.6 Å². The SMILES string of the molecule is COc1cc(C(=O)OCC(=O)N[C@@H](C)c2cccc3ccccc23)cc(OC)c1OC. The number of carbonyl (C=O) groups is 2. The first kappa shape index (κ1) is 22.0. The van der Waals surface area contributed by atoms with E-state index in [4.69, 9.17) is 18.9 Å². The van der Waals surface area contributed by atoms with Crippen LogP contribution in [0, 0.1) is 0 Å². The molecule has 0 saturated carbocycles. The van der Waals surface area contributed by atoms with E-state index in [9.17, 15) is 9.59 Å². The van der Waals surface area contributed by atoms with Gasteiger partial charge in [-0.05, 0) is 35.4 Å². The van der Waals surface area contributed by atoms with Gasteiger partial charge in [-0.1, -0.05) is 42.5 Å². The van der Waals surface area contributed by atoms with E-state index < -0.39 is 18.5 Å². The first-order valence-electron chi connectivity index (χ1n) is 9.72. The molecule has 3 rings (SSSR count). The van der Waals surface area contributed by atoms with Crippen molar-refractivity contribution < 1.29 is 28.5 Å². The third-order valence-corrected chi connectivity index (χ3v) is 4.90. The summed E-state index contributed by atoms with van der Waals surface area (Å²) in [4.78, 5) is 24.8. The summed E-state index contributed by atoms with van der Waals surface area (Å²) in [5, 5.41) is 5.03. The van der Waals surface area contributed by atoms with Crippen LogP contribution in [0.1, 0.15) is 28.9 Å². The van der Waals surface area contributed by atoms with Crippen molar-refractivity contribution in [2.45, 2.75) is 13.0 Å². The lowest BCUT2D eigenvalue weighted by atomic mass is 10.00. The van der Waals surface area contributed by atoms with Gasteiger partial charge in [-0.25, -0.2) is 4.79 Å². The summed E-state index contributed by atoms with van der Waals surface area (Å²) in [5.41, 5.74) is 1.17. The van der Waals surface area contributed by atoms with Gasteiger partial charge < -0.3 is 24.3 Å². The number of rotatable bonds is 8. The highest BCUT2D eigenvalue weighted by Crippen LogP contribution is 2.38. The molecule has 31 heavy (non-hydrogen) atoms. The summed E-state index contributed by atoms with van der Waals surface area (Å²) >= 11 is 0. The smallest absolute Gasteiger partial charge is 0.338 e. The average molecular weight is 423 g/mol. The Balaban J connectivity index is 1.66. The van der Waals surface area contributed by atoms with E-state index in [2.05, 4.69) is 5.32 Å². The Hall–Kier alpha value is -3.74. The van der Waals surface area contributed by atoms with Gasteiger partial charge in [0, 0.05) is 0 Å². The molecule has 7 heteroatoms. The van der Waals surface area contributed by atoms with Crippen molar-refractivity contribution in [2.75, 3.05) is 27.9 Å². The predicted octanol–water partition coefficient (Wildman–Crippen LogP) is 3.90. The minimum Gasteiger partial charge on any atom is -0.493 e. The molecule has 0 spiro atoms. The Labute approximate surface area is 180 Å². The second-order valence-electron chi connectivity index (χ2n) is 6.85. The lowest BCUT2D eigenvalue weighted by molar-refractivity contribution is -0.124. The Morgan fingerprint density at radius 1 is 0.903 bits per heavy atom. The van der Waals surface area contributed by atoms with E-state index in [1.807, 2.05) is 49.4 Å². The topological polar surface area (TPSA) is 83.1 Å². The van der Waals surface area contributed by atoms with Crippen molar-refractivity contribution >= 4 is 22.6 Å². The number of nitrogens with one attached hydrogen (secondary N) is 1. The number of hydrogen-bond donors (Lipinski definition) is 1. The summed E-state index contributed by atoms with van der Waals surface area (Å²) in [6, 6.07) is 16.6. The van der Waals surface area contributed by atoms with Crippen LogP contribution < -0.4 is 19.5 Å². The van der Waals surface area contributed by atoms with Crippen LogP contribution in [-0.4, -0.2) is 39.8 Å². The fraction of sp³-hybridized carbons (Fsp3) is 0.250. The molecule has 0 unspecified atom stereocenters. The molecule has 0 saturated heterocycles. The number of carbonyl (C=O) groups excluding carboxylic acids is 2. The zero-order chi connectivity index (χ0) is 22.4. The fourth-order valence-electron chi connectivity index (χ4n) is 3.40. The Bertz CT molecular complexity index is 1060. The van der Waals surface area contributed by atoms with Gasteiger partial charge in [0.1, 0.15) is 0 Å². The molecular weight excluding hydrogens is 398 g/mol. The second kappa shape index (κ2) is 9.84. The van der Waals surface area contributed by atoms with Gasteiger partial charge in [0.15, 0.2) is 18.1 Å². The van der Waals surface area contributed by atoms with Crippen LogP contribution in [0.5, 0.6) is 17.2 Å². The average Bonchev–Trinajstić information content (AvgIpc) is 2.80. The molecule has 0 aromatic heterocycles. The first-order chi connectivity index (χ1) is 15.0. The molecule has 0 fully saturated rings. The normalized spacial score (nSPS) is 11.5. The Kier molecular flexibility index (Phi) is 6.97. The zero-order valence-electron chi connectivity index (χ0n) is 17.9. The van der Waals surface area contributed by atoms with Gasteiger partial charge in [-0.3, -0.25) is 4.79 Å². The summed E-state index contributed by atoms with van der Waals surface area (Å²) in [7, 11) is 4.38. The monoisotopic (exact) mass is 423 g/mol. The molecule has 7 nitrogen and oxygen atoms in total. The molecule has 0 aliphatic rings. The van der Waals surface area contributed by atoms with E-state index >= 15 is 0 Å². The molecule has 0 radical (unpaired) electrons. The summed E-state index contributed by atoms with van der Waals surface area (Å²) < 4.78 is 20.9. The predicted molar refractivity (Wildman–Crippen MR) is 117 cm³/mol. The van der Waals surface area contributed by atoms with E-state index in [1.54, 1.807) is 0 Å². The molecule has 0 bridgehead atoms. The minimum atomic E-state index is -0.674. The van der Waals surface area contributed by atoms with Crippen molar-refractivity contribution in [1.82, 2.24) is 5.32 Å². The van der Waals surface area contributed by atoms with Gasteiger partial charge >= 0.3 is 5.97 Å². The quantitative estimate of drug-likeness (QED) is 0.554. The van der Waals surface area contributed by atoms with Gasteiger partial charge in [-0.2, -0.15) is 0 Å². The zero-order valence-corrected chi connectivity index (χ0v) is 17.9. The maximum atomic E-state index is 12.5. The molecule has 0 aliphatic heterocycles. The number of hydrogen-bond acceptors (Lipinski definition) is 6. The molecule has 1 N–H and O–H groups in total. The lowest BCUT2D eigenvalue weighted by Crippen LogP contribution is -2.31. The lowest BCUT2D eigenvalue weighted by Gasteiger charge is -2.17. The summed E-state index contributed by atoms with van der Waals surface area (Å²) in [6.45, 7) is 1.48. The molecular formula is C24H25NO6. The highest BCUT2D eigenvalue weighted by molar-refractivity contribution is 5.93. The van der Waals surface area contributed by atoms with Gasteiger partial charge in [-0.15, -0.1) is 0 Å². The fourth-order valence-corrected chi connectivity index (χ4v) is 3.40. The maximum Gasteiger partial charge on any atom is 0.338 e. The van der Waals surface area contributed by atoms with Gasteiger partial charge in [0.2, 0.25) is 5.75 Å². The summed E-state index contributed by atoms with van der Waals surface area (Å²) in [5.74, 6) is -0.0673. The van der Waals surface area contributed by atoms with Crippen LogP contribution in [0.2, 0.25) is 0 Å². The van der Waals surface area contributed by atoms with Crippen LogP contribution in [0.3, 0.4) is 0 Å². The highest BCUT2D eigenvalue weighted by Gasteiger charge is 2.19. The number of esters is 1. The first-order valence-corrected chi connectivity index (χ1v) is 9.72. The largest absolute Gasteiger partial charge is 0.493 e. The molecule has 3 aromatic carbocycles. The molecule has 0 heterocycles. The van der Waals surface area contributed by atoms with E-state index in [1.165, 1.54) is 33.5 Å². The third-order valence-electron chi connectivity index (χ3n) is 4.90. The van der Waals surface area contributed by atoms with Crippen LogP contribution in [0.4, 0.5) is 0 Å². The van der Waals surface area contributed by atoms with Gasteiger partial charge in [0.25, 0.3) is 5.91 Å². The Morgan fingerprint density at radius 2 is 1.55 bits per heavy atom. The van der Waals surface area contributed by atoms with E-state index in [-0.39, 0.29) is 11.6 Å². The number of benzene rings is 3. The van der Waals surface area contributed by atoms with Gasteiger partial charge in [0.05, 0.1) is 32.9 Å². The van der Waals surface area contributed by atoms with Crippen molar-refractivity contribution in [2.24, 2.45) is 0 Å². The van der Waals surface area contributed by atoms with Crippen LogP contribution in [0.25, 0.3) is 10.8 Å². The van der Waals surface area contributed by atoms with Crippen LogP contribution >= 0.6 is 0 Å². The summed E-state index contributed by atoms with van der Waals surface area (Å²) in [6.07, 6.45) is 0. The molecule has 1 amide bonds. The Morgan fingerprint density at radius 3 is 2.19 bits per heavy atom. The minimum absolute atomic E-state index is 0.185. The maximum absolute atomic E-state index is 12.5. The third kappa shape index (κ3) is 4.88. The number of ether oxygens (including phenoxy) is 4. The molecule has 0 aliphatic carbocycles. The molecule has 162 valence electrons. The number of methoxy groups -OCH3 is 3. The van der Waals surface area contributed by atoms with E-state index in [0.29, 0.717) is 17.2 Å². The number of fused-ring (bicyclic) bond motifs is 1. The van der Waals surface area contributed by atoms with Crippen molar-refractivity contribution in [1.29, 1.82) is 0 Å².